The van der Waals surface area contributed by atoms with Gasteiger partial charge in [0.25, 0.3) is 0 Å². The minimum absolute atomic E-state index is 0.311. The van der Waals surface area contributed by atoms with Gasteiger partial charge in [0.05, 0.1) is 0 Å². The minimum Gasteiger partial charge on any atom is -0.345 e. The summed E-state index contributed by atoms with van der Waals surface area (Å²) in [6.07, 6.45) is 4.55. The topological polar surface area (TPSA) is 26.8 Å². The second-order valence-electron chi connectivity index (χ2n) is 5.99. The van der Waals surface area contributed by atoms with Gasteiger partial charge in [-0.2, -0.15) is 0 Å². The fourth-order valence-electron chi connectivity index (χ4n) is 3.10. The van der Waals surface area contributed by atoms with Crippen molar-refractivity contribution < 1.29 is 4.79 Å². The van der Waals surface area contributed by atoms with Crippen LogP contribution in [0.15, 0.2) is 0 Å². The lowest BCUT2D eigenvalue weighted by molar-refractivity contribution is -0.133. The Labute approximate surface area is 111 Å². The number of rotatable bonds is 5. The molecule has 2 saturated heterocycles. The van der Waals surface area contributed by atoms with E-state index in [1.165, 1.54) is 32.5 Å². The van der Waals surface area contributed by atoms with Gasteiger partial charge in [-0.1, -0.05) is 0 Å². The van der Waals surface area contributed by atoms with E-state index in [1.807, 2.05) is 11.9 Å². The first kappa shape index (κ1) is 13.8. The fraction of sp³-hybridized carbons (Fsp3) is 0.929. The molecule has 2 heterocycles. The normalized spacial score (nSPS) is 26.3. The summed E-state index contributed by atoms with van der Waals surface area (Å²) in [4.78, 5) is 18.3. The standard InChI is InChI=1S/C14H27N3O/c1-15(9-10-17-7-3-4-8-17)11-13-5-6-14(18)16(2)12-13/h13H,3-12H2,1-2H3. The molecule has 2 aliphatic rings. The van der Waals surface area contributed by atoms with Crippen LogP contribution in [0.4, 0.5) is 0 Å². The molecule has 1 amide bonds. The van der Waals surface area contributed by atoms with Crippen LogP contribution in [0.5, 0.6) is 0 Å². The molecule has 0 N–H and O–H groups in total. The number of piperidine rings is 1. The zero-order valence-corrected chi connectivity index (χ0v) is 11.9. The summed E-state index contributed by atoms with van der Waals surface area (Å²) in [5.74, 6) is 0.974. The molecule has 2 rings (SSSR count). The third-order valence-corrected chi connectivity index (χ3v) is 4.29. The van der Waals surface area contributed by atoms with Crippen LogP contribution < -0.4 is 0 Å². The maximum Gasteiger partial charge on any atom is 0.222 e. The quantitative estimate of drug-likeness (QED) is 0.728. The number of carbonyl (C=O) groups is 1. The van der Waals surface area contributed by atoms with Crippen LogP contribution in [0.25, 0.3) is 0 Å². The Morgan fingerprint density at radius 1 is 1.33 bits per heavy atom. The average molecular weight is 253 g/mol. The molecule has 18 heavy (non-hydrogen) atoms. The summed E-state index contributed by atoms with van der Waals surface area (Å²) < 4.78 is 0. The van der Waals surface area contributed by atoms with Gasteiger partial charge < -0.3 is 14.7 Å². The summed E-state index contributed by atoms with van der Waals surface area (Å²) in [6, 6.07) is 0. The van der Waals surface area contributed by atoms with Gasteiger partial charge in [-0.15, -0.1) is 0 Å². The molecule has 1 unspecified atom stereocenters. The zero-order valence-electron chi connectivity index (χ0n) is 11.9. The molecule has 0 bridgehead atoms. The van der Waals surface area contributed by atoms with Crippen molar-refractivity contribution in [1.82, 2.24) is 14.7 Å². The summed E-state index contributed by atoms with van der Waals surface area (Å²) >= 11 is 0. The Morgan fingerprint density at radius 3 is 2.72 bits per heavy atom. The van der Waals surface area contributed by atoms with Crippen molar-refractivity contribution in [3.05, 3.63) is 0 Å². The lowest BCUT2D eigenvalue weighted by atomic mass is 9.97. The van der Waals surface area contributed by atoms with Gasteiger partial charge in [0.1, 0.15) is 0 Å². The van der Waals surface area contributed by atoms with Gasteiger partial charge in [0, 0.05) is 39.6 Å². The summed E-state index contributed by atoms with van der Waals surface area (Å²) in [7, 11) is 4.14. The smallest absolute Gasteiger partial charge is 0.222 e. The highest BCUT2D eigenvalue weighted by molar-refractivity contribution is 5.76. The molecule has 0 aliphatic carbocycles. The maximum absolute atomic E-state index is 11.4. The van der Waals surface area contributed by atoms with Crippen LogP contribution >= 0.6 is 0 Å². The lowest BCUT2D eigenvalue weighted by Crippen LogP contribution is -2.42. The molecule has 0 aromatic heterocycles. The van der Waals surface area contributed by atoms with E-state index in [2.05, 4.69) is 16.8 Å². The Hall–Kier alpha value is -0.610. The van der Waals surface area contributed by atoms with Crippen LogP contribution in [0.2, 0.25) is 0 Å². The fourth-order valence-corrected chi connectivity index (χ4v) is 3.10. The van der Waals surface area contributed by atoms with Gasteiger partial charge in [0.15, 0.2) is 0 Å². The first-order valence-electron chi connectivity index (χ1n) is 7.30. The Morgan fingerprint density at radius 2 is 2.06 bits per heavy atom. The van der Waals surface area contributed by atoms with Crippen LogP contribution in [0, 0.1) is 5.92 Å². The van der Waals surface area contributed by atoms with Crippen molar-refractivity contribution in [2.45, 2.75) is 25.7 Å². The molecule has 104 valence electrons. The minimum atomic E-state index is 0.311. The van der Waals surface area contributed by atoms with E-state index >= 15 is 0 Å². The molecule has 0 aromatic carbocycles. The zero-order chi connectivity index (χ0) is 13.0. The van der Waals surface area contributed by atoms with E-state index in [9.17, 15) is 4.79 Å². The monoisotopic (exact) mass is 253 g/mol. The number of carbonyl (C=O) groups excluding carboxylic acids is 1. The molecule has 0 saturated carbocycles. The molecule has 0 spiro atoms. The summed E-state index contributed by atoms with van der Waals surface area (Å²) in [5, 5.41) is 0. The highest BCUT2D eigenvalue weighted by Gasteiger charge is 2.23. The summed E-state index contributed by atoms with van der Waals surface area (Å²) in [6.45, 7) is 7.01. The average Bonchev–Trinajstić information content (AvgIpc) is 2.84. The number of likely N-dealkylation sites (N-methyl/N-ethyl adjacent to an activating group) is 1. The van der Waals surface area contributed by atoms with E-state index in [4.69, 9.17) is 0 Å². The van der Waals surface area contributed by atoms with Crippen molar-refractivity contribution >= 4 is 5.91 Å². The molecule has 4 heteroatoms. The van der Waals surface area contributed by atoms with Gasteiger partial charge in [-0.25, -0.2) is 0 Å². The van der Waals surface area contributed by atoms with Crippen LogP contribution in [-0.4, -0.2) is 74.0 Å². The highest BCUT2D eigenvalue weighted by atomic mass is 16.2. The van der Waals surface area contributed by atoms with E-state index in [0.717, 1.165) is 32.5 Å². The maximum atomic E-state index is 11.4. The number of hydrogen-bond donors (Lipinski definition) is 0. The Kier molecular flexibility index (Phi) is 5.01. The number of hydrogen-bond acceptors (Lipinski definition) is 3. The first-order chi connectivity index (χ1) is 8.65. The Bertz CT molecular complexity index is 276. The van der Waals surface area contributed by atoms with Crippen LogP contribution in [0.3, 0.4) is 0 Å². The van der Waals surface area contributed by atoms with Crippen LogP contribution in [-0.2, 0) is 4.79 Å². The van der Waals surface area contributed by atoms with E-state index in [0.29, 0.717) is 11.8 Å². The van der Waals surface area contributed by atoms with Crippen molar-refractivity contribution in [1.29, 1.82) is 0 Å². The van der Waals surface area contributed by atoms with Crippen molar-refractivity contribution in [3.63, 3.8) is 0 Å². The van der Waals surface area contributed by atoms with E-state index < -0.39 is 0 Å². The number of likely N-dealkylation sites (tertiary alicyclic amines) is 2. The van der Waals surface area contributed by atoms with Crippen molar-refractivity contribution in [2.24, 2.45) is 5.92 Å². The molecular weight excluding hydrogens is 226 g/mol. The molecule has 4 nitrogen and oxygen atoms in total. The second kappa shape index (κ2) is 6.53. The molecular formula is C14H27N3O. The predicted molar refractivity (Wildman–Crippen MR) is 73.5 cm³/mol. The van der Waals surface area contributed by atoms with Gasteiger partial charge >= 0.3 is 0 Å². The van der Waals surface area contributed by atoms with Gasteiger partial charge in [0.2, 0.25) is 5.91 Å². The van der Waals surface area contributed by atoms with Crippen LogP contribution in [0.1, 0.15) is 25.7 Å². The largest absolute Gasteiger partial charge is 0.345 e. The van der Waals surface area contributed by atoms with Crippen molar-refractivity contribution in [2.75, 3.05) is 53.4 Å². The SMILES string of the molecule is CN(CCN1CCCC1)CC1CCC(=O)N(C)C1. The molecule has 0 aromatic rings. The Balaban J connectivity index is 1.64. The van der Waals surface area contributed by atoms with E-state index in [-0.39, 0.29) is 0 Å². The molecule has 2 aliphatic heterocycles. The number of nitrogens with zero attached hydrogens (tertiary/aromatic N) is 3. The van der Waals surface area contributed by atoms with Crippen molar-refractivity contribution in [3.8, 4) is 0 Å². The highest BCUT2D eigenvalue weighted by Crippen LogP contribution is 2.17. The van der Waals surface area contributed by atoms with Gasteiger partial charge in [-0.05, 0) is 45.3 Å². The predicted octanol–water partition coefficient (Wildman–Crippen LogP) is 0.882. The molecule has 2 fully saturated rings. The van der Waals surface area contributed by atoms with Gasteiger partial charge in [-0.3, -0.25) is 4.79 Å². The third-order valence-electron chi connectivity index (χ3n) is 4.29. The molecule has 0 radical (unpaired) electrons. The first-order valence-corrected chi connectivity index (χ1v) is 7.30. The lowest BCUT2D eigenvalue weighted by Gasteiger charge is -2.32. The second-order valence-corrected chi connectivity index (χ2v) is 5.99. The number of amides is 1. The van der Waals surface area contributed by atoms with E-state index in [1.54, 1.807) is 0 Å². The third kappa shape index (κ3) is 3.95. The molecule has 1 atom stereocenters. The summed E-state index contributed by atoms with van der Waals surface area (Å²) in [5.41, 5.74) is 0.